The van der Waals surface area contributed by atoms with Crippen molar-refractivity contribution < 1.29 is 14.3 Å². The number of halogens is 1. The van der Waals surface area contributed by atoms with Gasteiger partial charge in [-0.15, -0.1) is 12.4 Å². The largest absolute Gasteiger partial charge is 0.494 e. The van der Waals surface area contributed by atoms with Crippen molar-refractivity contribution in [2.24, 2.45) is 0 Å². The zero-order valence-corrected chi connectivity index (χ0v) is 17.7. The van der Waals surface area contributed by atoms with Crippen LogP contribution in [-0.2, 0) is 16.0 Å². The summed E-state index contributed by atoms with van der Waals surface area (Å²) in [5, 5.41) is 3.37. The Labute approximate surface area is 179 Å². The first-order chi connectivity index (χ1) is 13.8. The molecule has 1 aliphatic rings. The number of piperazine rings is 1. The molecule has 0 saturated carbocycles. The Bertz CT molecular complexity index is 728. The summed E-state index contributed by atoms with van der Waals surface area (Å²) in [7, 11) is 1.71. The molecule has 1 aromatic heterocycles. The van der Waals surface area contributed by atoms with Crippen molar-refractivity contribution in [3.8, 4) is 5.75 Å². The molecular formula is C22H30ClN3O3. The van der Waals surface area contributed by atoms with E-state index >= 15 is 0 Å². The second-order valence-electron chi connectivity index (χ2n) is 6.93. The Morgan fingerprint density at radius 2 is 2.07 bits per heavy atom. The Morgan fingerprint density at radius 3 is 2.79 bits per heavy atom. The van der Waals surface area contributed by atoms with Crippen LogP contribution >= 0.6 is 12.4 Å². The number of benzene rings is 1. The number of hydrogen-bond donors (Lipinski definition) is 1. The molecule has 1 atom stereocenters. The van der Waals surface area contributed by atoms with E-state index in [-0.39, 0.29) is 24.4 Å². The minimum Gasteiger partial charge on any atom is -0.494 e. The normalized spacial score (nSPS) is 16.2. The highest BCUT2D eigenvalue weighted by molar-refractivity contribution is 5.85. The number of hydrogen-bond acceptors (Lipinski definition) is 5. The highest BCUT2D eigenvalue weighted by atomic mass is 35.5. The van der Waals surface area contributed by atoms with Crippen molar-refractivity contribution in [2.75, 3.05) is 40.0 Å². The van der Waals surface area contributed by atoms with Gasteiger partial charge in [-0.3, -0.25) is 9.78 Å². The first-order valence-electron chi connectivity index (χ1n) is 9.88. The standard InChI is InChI=1S/C22H29N3O3.ClH/c1-27-15-10-18-6-8-20(9-7-18)28-14-3-5-22(26)25-13-12-24-17-21(25)19-4-2-11-23-16-19;/h2,4,6-9,11,16,21,24H,3,5,10,12-15,17H2,1H3;1H. The van der Waals surface area contributed by atoms with Gasteiger partial charge in [0.1, 0.15) is 5.75 Å². The second-order valence-corrected chi connectivity index (χ2v) is 6.93. The van der Waals surface area contributed by atoms with Crippen LogP contribution in [0.2, 0.25) is 0 Å². The average molecular weight is 420 g/mol. The van der Waals surface area contributed by atoms with Crippen molar-refractivity contribution in [1.29, 1.82) is 0 Å². The lowest BCUT2D eigenvalue weighted by atomic mass is 10.0. The van der Waals surface area contributed by atoms with Crippen molar-refractivity contribution in [2.45, 2.75) is 25.3 Å². The Kier molecular flexibility index (Phi) is 9.91. The van der Waals surface area contributed by atoms with Crippen LogP contribution in [-0.4, -0.2) is 55.7 Å². The number of nitrogens with zero attached hydrogens (tertiary/aromatic N) is 2. The van der Waals surface area contributed by atoms with Crippen LogP contribution in [0.15, 0.2) is 48.8 Å². The van der Waals surface area contributed by atoms with E-state index in [0.29, 0.717) is 26.1 Å². The molecule has 2 aromatic rings. The fourth-order valence-corrected chi connectivity index (χ4v) is 3.40. The van der Waals surface area contributed by atoms with E-state index in [1.165, 1.54) is 5.56 Å². The number of carbonyl (C=O) groups is 1. The van der Waals surface area contributed by atoms with Crippen LogP contribution in [0.3, 0.4) is 0 Å². The lowest BCUT2D eigenvalue weighted by Gasteiger charge is -2.36. The van der Waals surface area contributed by atoms with Gasteiger partial charge in [-0.05, 0) is 42.2 Å². The zero-order chi connectivity index (χ0) is 19.6. The number of rotatable bonds is 9. The van der Waals surface area contributed by atoms with Crippen molar-refractivity contribution in [3.63, 3.8) is 0 Å². The van der Waals surface area contributed by atoms with Crippen LogP contribution < -0.4 is 10.1 Å². The van der Waals surface area contributed by atoms with Gasteiger partial charge < -0.3 is 19.7 Å². The number of methoxy groups -OCH3 is 1. The summed E-state index contributed by atoms with van der Waals surface area (Å²) in [4.78, 5) is 18.9. The molecule has 6 nitrogen and oxygen atoms in total. The first kappa shape index (κ1) is 23.1. The van der Waals surface area contributed by atoms with E-state index in [0.717, 1.165) is 37.4 Å². The number of amides is 1. The van der Waals surface area contributed by atoms with E-state index in [9.17, 15) is 4.79 Å². The molecule has 1 N–H and O–H groups in total. The average Bonchev–Trinajstić information content (AvgIpc) is 2.76. The summed E-state index contributed by atoms with van der Waals surface area (Å²) >= 11 is 0. The summed E-state index contributed by atoms with van der Waals surface area (Å²) in [6.45, 7) is 3.57. The summed E-state index contributed by atoms with van der Waals surface area (Å²) in [6.07, 6.45) is 5.69. The maximum Gasteiger partial charge on any atom is 0.223 e. The molecule has 3 rings (SSSR count). The maximum absolute atomic E-state index is 12.7. The maximum atomic E-state index is 12.7. The first-order valence-corrected chi connectivity index (χ1v) is 9.88. The predicted molar refractivity (Wildman–Crippen MR) is 116 cm³/mol. The van der Waals surface area contributed by atoms with Gasteiger partial charge in [-0.25, -0.2) is 0 Å². The van der Waals surface area contributed by atoms with Gasteiger partial charge in [0.2, 0.25) is 5.91 Å². The molecule has 29 heavy (non-hydrogen) atoms. The van der Waals surface area contributed by atoms with Gasteiger partial charge in [-0.2, -0.15) is 0 Å². The molecule has 2 heterocycles. The number of aromatic nitrogens is 1. The van der Waals surface area contributed by atoms with Crippen LogP contribution in [0.25, 0.3) is 0 Å². The topological polar surface area (TPSA) is 63.7 Å². The molecule has 0 aliphatic carbocycles. The number of carbonyl (C=O) groups excluding carboxylic acids is 1. The molecule has 7 heteroatoms. The van der Waals surface area contributed by atoms with E-state index in [4.69, 9.17) is 9.47 Å². The molecule has 1 aromatic carbocycles. The van der Waals surface area contributed by atoms with Gasteiger partial charge in [-0.1, -0.05) is 18.2 Å². The molecular weight excluding hydrogens is 390 g/mol. The highest BCUT2D eigenvalue weighted by Crippen LogP contribution is 2.22. The molecule has 1 fully saturated rings. The van der Waals surface area contributed by atoms with Crippen LogP contribution in [0.5, 0.6) is 5.75 Å². The van der Waals surface area contributed by atoms with Crippen molar-refractivity contribution in [3.05, 3.63) is 59.9 Å². The lowest BCUT2D eigenvalue weighted by molar-refractivity contribution is -0.134. The molecule has 1 amide bonds. The SMILES string of the molecule is COCCc1ccc(OCCCC(=O)N2CCNCC2c2cccnc2)cc1.Cl. The third-order valence-corrected chi connectivity index (χ3v) is 4.95. The van der Waals surface area contributed by atoms with Crippen LogP contribution in [0, 0.1) is 0 Å². The molecule has 1 saturated heterocycles. The summed E-state index contributed by atoms with van der Waals surface area (Å²) in [5.74, 6) is 1.01. The quantitative estimate of drug-likeness (QED) is 0.633. The fraction of sp³-hybridized carbons (Fsp3) is 0.455. The van der Waals surface area contributed by atoms with Gasteiger partial charge in [0.25, 0.3) is 0 Å². The lowest BCUT2D eigenvalue weighted by Crippen LogP contribution is -2.48. The van der Waals surface area contributed by atoms with E-state index in [1.807, 2.05) is 35.4 Å². The second kappa shape index (κ2) is 12.4. The summed E-state index contributed by atoms with van der Waals surface area (Å²) < 4.78 is 10.9. The van der Waals surface area contributed by atoms with Crippen molar-refractivity contribution in [1.82, 2.24) is 15.2 Å². The molecule has 1 aliphatic heterocycles. The van der Waals surface area contributed by atoms with Gasteiger partial charge in [0.15, 0.2) is 0 Å². The molecule has 0 spiro atoms. The minimum atomic E-state index is 0. The number of pyridine rings is 1. The fourth-order valence-electron chi connectivity index (χ4n) is 3.40. The highest BCUT2D eigenvalue weighted by Gasteiger charge is 2.27. The summed E-state index contributed by atoms with van der Waals surface area (Å²) in [6, 6.07) is 12.1. The molecule has 0 bridgehead atoms. The Balaban J connectivity index is 0.00000300. The zero-order valence-electron chi connectivity index (χ0n) is 16.9. The third kappa shape index (κ3) is 6.99. The predicted octanol–water partition coefficient (Wildman–Crippen LogP) is 3.02. The van der Waals surface area contributed by atoms with E-state index < -0.39 is 0 Å². The summed E-state index contributed by atoms with van der Waals surface area (Å²) in [5.41, 5.74) is 2.30. The monoisotopic (exact) mass is 419 g/mol. The minimum absolute atomic E-state index is 0. The molecule has 1 unspecified atom stereocenters. The smallest absolute Gasteiger partial charge is 0.223 e. The van der Waals surface area contributed by atoms with E-state index in [1.54, 1.807) is 13.3 Å². The number of nitrogens with one attached hydrogen (secondary N) is 1. The third-order valence-electron chi connectivity index (χ3n) is 4.95. The van der Waals surface area contributed by atoms with Gasteiger partial charge >= 0.3 is 0 Å². The van der Waals surface area contributed by atoms with Crippen LogP contribution in [0.1, 0.15) is 30.0 Å². The molecule has 0 radical (unpaired) electrons. The Hall–Kier alpha value is -2.15. The van der Waals surface area contributed by atoms with Gasteiger partial charge in [0, 0.05) is 45.6 Å². The van der Waals surface area contributed by atoms with Crippen LogP contribution in [0.4, 0.5) is 0 Å². The van der Waals surface area contributed by atoms with Gasteiger partial charge in [0.05, 0.1) is 19.3 Å². The Morgan fingerprint density at radius 1 is 1.24 bits per heavy atom. The molecule has 158 valence electrons. The van der Waals surface area contributed by atoms with Crippen molar-refractivity contribution >= 4 is 18.3 Å². The number of ether oxygens (including phenoxy) is 2. The van der Waals surface area contributed by atoms with E-state index in [2.05, 4.69) is 22.4 Å².